The van der Waals surface area contributed by atoms with Crippen LogP contribution in [0.4, 0.5) is 13.2 Å². The van der Waals surface area contributed by atoms with Gasteiger partial charge >= 0.3 is 6.18 Å². The monoisotopic (exact) mass is 463 g/mol. The van der Waals surface area contributed by atoms with Crippen LogP contribution in [-0.2, 0) is 16.2 Å². The molecule has 1 saturated heterocycles. The predicted octanol–water partition coefficient (Wildman–Crippen LogP) is 3.71. The molecule has 1 aliphatic heterocycles. The smallest absolute Gasteiger partial charge is 0.336 e. The molecule has 2 aromatic carbocycles. The Morgan fingerprint density at radius 2 is 1.59 bits per heavy atom. The van der Waals surface area contributed by atoms with Crippen LogP contribution >= 0.6 is 0 Å². The molecule has 3 aromatic rings. The number of aromatic nitrogens is 1. The zero-order chi connectivity index (χ0) is 23.1. The number of piperazine rings is 1. The van der Waals surface area contributed by atoms with Crippen LogP contribution in [0.2, 0.25) is 0 Å². The fourth-order valence-electron chi connectivity index (χ4n) is 3.75. The highest BCUT2D eigenvalue weighted by Crippen LogP contribution is 2.30. The van der Waals surface area contributed by atoms with Gasteiger partial charge in [-0.3, -0.25) is 9.78 Å². The Kier molecular flexibility index (Phi) is 5.68. The van der Waals surface area contributed by atoms with Gasteiger partial charge in [0.05, 0.1) is 21.5 Å². The van der Waals surface area contributed by atoms with Crippen molar-refractivity contribution in [1.82, 2.24) is 14.2 Å². The topological polar surface area (TPSA) is 70.6 Å². The van der Waals surface area contributed by atoms with Gasteiger partial charge in [0.1, 0.15) is 0 Å². The normalized spacial score (nSPS) is 15.8. The number of hydrogen-bond acceptors (Lipinski definition) is 4. The summed E-state index contributed by atoms with van der Waals surface area (Å²) in [6.07, 6.45) is -4.54. The molecule has 0 radical (unpaired) electrons. The molecule has 0 aliphatic carbocycles. The molecule has 0 saturated carbocycles. The molecule has 0 unspecified atom stereocenters. The van der Waals surface area contributed by atoms with E-state index in [0.717, 1.165) is 29.7 Å². The lowest BCUT2D eigenvalue weighted by Crippen LogP contribution is -2.50. The van der Waals surface area contributed by atoms with Crippen LogP contribution in [0.3, 0.4) is 0 Å². The van der Waals surface area contributed by atoms with E-state index in [9.17, 15) is 26.4 Å². The summed E-state index contributed by atoms with van der Waals surface area (Å²) in [5.41, 5.74) is 1.01. The number of fused-ring (bicyclic) bond motifs is 1. The number of sulfonamides is 1. The SMILES string of the molecule is Cc1cc(C(=O)N2CCN(S(=O)(=O)c3ccc(C(F)(F)F)cc3)CC2)c2ccccc2n1. The van der Waals surface area contributed by atoms with Crippen molar-refractivity contribution in [1.29, 1.82) is 0 Å². The summed E-state index contributed by atoms with van der Waals surface area (Å²) in [6.45, 7) is 2.26. The number of para-hydroxylation sites is 1. The van der Waals surface area contributed by atoms with Crippen molar-refractivity contribution in [3.8, 4) is 0 Å². The van der Waals surface area contributed by atoms with Crippen molar-refractivity contribution in [3.05, 3.63) is 71.4 Å². The van der Waals surface area contributed by atoms with Crippen LogP contribution in [0, 0.1) is 6.92 Å². The van der Waals surface area contributed by atoms with Crippen molar-refractivity contribution < 1.29 is 26.4 Å². The van der Waals surface area contributed by atoms with E-state index in [1.165, 1.54) is 4.31 Å². The molecule has 168 valence electrons. The molecule has 1 fully saturated rings. The predicted molar refractivity (Wildman–Crippen MR) is 113 cm³/mol. The van der Waals surface area contributed by atoms with Crippen LogP contribution in [-0.4, -0.2) is 54.7 Å². The summed E-state index contributed by atoms with van der Waals surface area (Å²) in [7, 11) is -3.96. The third kappa shape index (κ3) is 4.20. The maximum atomic E-state index is 13.1. The summed E-state index contributed by atoms with van der Waals surface area (Å²) in [6, 6.07) is 12.5. The zero-order valence-electron chi connectivity index (χ0n) is 17.1. The van der Waals surface area contributed by atoms with E-state index in [-0.39, 0.29) is 37.0 Å². The minimum absolute atomic E-state index is 0.0527. The molecular formula is C22H20F3N3O3S. The van der Waals surface area contributed by atoms with E-state index < -0.39 is 21.8 Å². The fourth-order valence-corrected chi connectivity index (χ4v) is 5.17. The Morgan fingerprint density at radius 3 is 2.22 bits per heavy atom. The van der Waals surface area contributed by atoms with Gasteiger partial charge in [0.2, 0.25) is 10.0 Å². The number of pyridine rings is 1. The molecular weight excluding hydrogens is 443 g/mol. The number of rotatable bonds is 3. The number of benzene rings is 2. The van der Waals surface area contributed by atoms with Crippen molar-refractivity contribution in [2.24, 2.45) is 0 Å². The average Bonchev–Trinajstić information content (AvgIpc) is 2.77. The average molecular weight is 463 g/mol. The van der Waals surface area contributed by atoms with Crippen LogP contribution in [0.15, 0.2) is 59.5 Å². The van der Waals surface area contributed by atoms with Gasteiger partial charge in [-0.05, 0) is 43.3 Å². The number of carbonyl (C=O) groups is 1. The van der Waals surface area contributed by atoms with E-state index in [2.05, 4.69) is 4.98 Å². The molecule has 0 bridgehead atoms. The zero-order valence-corrected chi connectivity index (χ0v) is 17.9. The number of alkyl halides is 3. The molecule has 2 heterocycles. The Labute approximate surface area is 183 Å². The first-order valence-electron chi connectivity index (χ1n) is 9.90. The standard InChI is InChI=1S/C22H20F3N3O3S/c1-15-14-19(18-4-2-3-5-20(18)26-15)21(29)27-10-12-28(13-11-27)32(30,31)17-8-6-16(7-9-17)22(23,24)25/h2-9,14H,10-13H2,1H3. The lowest BCUT2D eigenvalue weighted by Gasteiger charge is -2.34. The first kappa shape index (κ1) is 22.2. The maximum Gasteiger partial charge on any atom is 0.416 e. The summed E-state index contributed by atoms with van der Waals surface area (Å²) >= 11 is 0. The molecule has 32 heavy (non-hydrogen) atoms. The van der Waals surface area contributed by atoms with E-state index in [1.807, 2.05) is 24.3 Å². The van der Waals surface area contributed by atoms with Crippen LogP contribution in [0.1, 0.15) is 21.6 Å². The second kappa shape index (κ2) is 8.18. The van der Waals surface area contributed by atoms with E-state index in [4.69, 9.17) is 0 Å². The minimum Gasteiger partial charge on any atom is -0.336 e. The van der Waals surface area contributed by atoms with Gasteiger partial charge in [-0.15, -0.1) is 0 Å². The maximum absolute atomic E-state index is 13.1. The van der Waals surface area contributed by atoms with Gasteiger partial charge in [-0.25, -0.2) is 8.42 Å². The molecule has 10 heteroatoms. The second-order valence-corrected chi connectivity index (χ2v) is 9.48. The molecule has 0 spiro atoms. The Morgan fingerprint density at radius 1 is 0.969 bits per heavy atom. The van der Waals surface area contributed by atoms with Gasteiger partial charge in [-0.2, -0.15) is 17.5 Å². The number of hydrogen-bond donors (Lipinski definition) is 0. The van der Waals surface area contributed by atoms with Gasteiger partial charge in [0.15, 0.2) is 0 Å². The summed E-state index contributed by atoms with van der Waals surface area (Å²) in [5, 5.41) is 0.725. The van der Waals surface area contributed by atoms with Crippen LogP contribution in [0.5, 0.6) is 0 Å². The summed E-state index contributed by atoms with van der Waals surface area (Å²) in [5.74, 6) is -0.210. The second-order valence-electron chi connectivity index (χ2n) is 7.55. The van der Waals surface area contributed by atoms with E-state index >= 15 is 0 Å². The number of nitrogens with zero attached hydrogens (tertiary/aromatic N) is 3. The lowest BCUT2D eigenvalue weighted by molar-refractivity contribution is -0.137. The van der Waals surface area contributed by atoms with E-state index in [1.54, 1.807) is 17.9 Å². The highest BCUT2D eigenvalue weighted by molar-refractivity contribution is 7.89. The molecule has 1 aliphatic rings. The Balaban J connectivity index is 1.50. The lowest BCUT2D eigenvalue weighted by atomic mass is 10.1. The fraction of sp³-hybridized carbons (Fsp3) is 0.273. The molecule has 4 rings (SSSR count). The number of aryl methyl sites for hydroxylation is 1. The number of amides is 1. The highest BCUT2D eigenvalue weighted by atomic mass is 32.2. The highest BCUT2D eigenvalue weighted by Gasteiger charge is 2.33. The van der Waals surface area contributed by atoms with E-state index in [0.29, 0.717) is 16.8 Å². The molecule has 1 amide bonds. The summed E-state index contributed by atoms with van der Waals surface area (Å²) < 4.78 is 65.1. The molecule has 6 nitrogen and oxygen atoms in total. The van der Waals surface area contributed by atoms with Gasteiger partial charge in [0.25, 0.3) is 5.91 Å². The number of halogens is 3. The van der Waals surface area contributed by atoms with Crippen molar-refractivity contribution >= 4 is 26.8 Å². The van der Waals surface area contributed by atoms with Crippen LogP contribution < -0.4 is 0 Å². The first-order valence-corrected chi connectivity index (χ1v) is 11.3. The van der Waals surface area contributed by atoms with Gasteiger partial charge < -0.3 is 4.90 Å². The molecule has 0 N–H and O–H groups in total. The third-order valence-electron chi connectivity index (χ3n) is 5.42. The number of carbonyl (C=O) groups excluding carboxylic acids is 1. The Bertz CT molecular complexity index is 1270. The van der Waals surface area contributed by atoms with Crippen LogP contribution in [0.25, 0.3) is 10.9 Å². The third-order valence-corrected chi connectivity index (χ3v) is 7.33. The van der Waals surface area contributed by atoms with Crippen molar-refractivity contribution in [2.45, 2.75) is 18.0 Å². The minimum atomic E-state index is -4.54. The van der Waals surface area contributed by atoms with Crippen molar-refractivity contribution in [2.75, 3.05) is 26.2 Å². The van der Waals surface area contributed by atoms with Crippen molar-refractivity contribution in [3.63, 3.8) is 0 Å². The molecule has 0 atom stereocenters. The quantitative estimate of drug-likeness (QED) is 0.594. The summed E-state index contributed by atoms with van der Waals surface area (Å²) in [4.78, 5) is 19.0. The Hall–Kier alpha value is -2.98. The molecule has 1 aromatic heterocycles. The first-order chi connectivity index (χ1) is 15.1. The van der Waals surface area contributed by atoms with Gasteiger partial charge in [-0.1, -0.05) is 18.2 Å². The largest absolute Gasteiger partial charge is 0.416 e. The van der Waals surface area contributed by atoms with Gasteiger partial charge in [0, 0.05) is 37.3 Å².